The van der Waals surface area contributed by atoms with Gasteiger partial charge in [0, 0.05) is 6.42 Å². The number of benzene rings is 3. The summed E-state index contributed by atoms with van der Waals surface area (Å²) in [6.45, 7) is 8.16. The van der Waals surface area contributed by atoms with Gasteiger partial charge in [-0.15, -0.1) is 0 Å². The summed E-state index contributed by atoms with van der Waals surface area (Å²) in [5.41, 5.74) is 9.02. The van der Waals surface area contributed by atoms with Gasteiger partial charge in [0.25, 0.3) is 0 Å². The van der Waals surface area contributed by atoms with E-state index in [0.717, 1.165) is 22.3 Å². The average Bonchev–Trinajstić information content (AvgIpc) is 2.74. The number of aliphatic hydroxyl groups is 1. The standard InChI is InChI=1S/C27H30O3/c1-18(2)27(29)30-14-13-24-16-23(9-10-25(24)17-28)22-11-12-26(20(4)15-22)21-7-5-19(3)6-8-21/h5-12,15-16,18,28H,13-14,17H2,1-4H3. The van der Waals surface area contributed by atoms with Crippen molar-refractivity contribution in [3.05, 3.63) is 82.9 Å². The third-order valence-electron chi connectivity index (χ3n) is 5.39. The highest BCUT2D eigenvalue weighted by atomic mass is 16.5. The molecule has 1 N–H and O–H groups in total. The molecule has 0 saturated heterocycles. The van der Waals surface area contributed by atoms with Crippen molar-refractivity contribution in [3.8, 4) is 22.3 Å². The Kier molecular flexibility index (Phi) is 7.07. The van der Waals surface area contributed by atoms with E-state index >= 15 is 0 Å². The number of hydrogen-bond acceptors (Lipinski definition) is 3. The molecule has 0 aliphatic carbocycles. The molecule has 0 aliphatic rings. The highest BCUT2D eigenvalue weighted by molar-refractivity contribution is 5.74. The number of aliphatic hydroxyl groups excluding tert-OH is 1. The van der Waals surface area contributed by atoms with E-state index in [1.807, 2.05) is 26.0 Å². The second-order valence-electron chi connectivity index (χ2n) is 8.11. The van der Waals surface area contributed by atoms with Crippen LogP contribution in [-0.2, 0) is 22.6 Å². The van der Waals surface area contributed by atoms with Gasteiger partial charge in [-0.3, -0.25) is 4.79 Å². The number of carbonyl (C=O) groups is 1. The lowest BCUT2D eigenvalue weighted by Crippen LogP contribution is -2.14. The quantitative estimate of drug-likeness (QED) is 0.503. The molecule has 0 saturated carbocycles. The minimum atomic E-state index is -0.195. The summed E-state index contributed by atoms with van der Waals surface area (Å²) in [6.07, 6.45) is 0.586. The van der Waals surface area contributed by atoms with Crippen LogP contribution in [0, 0.1) is 19.8 Å². The maximum Gasteiger partial charge on any atom is 0.308 e. The Hall–Kier alpha value is -2.91. The first-order valence-electron chi connectivity index (χ1n) is 10.5. The van der Waals surface area contributed by atoms with E-state index in [1.165, 1.54) is 22.3 Å². The minimum absolute atomic E-state index is 0.0286. The van der Waals surface area contributed by atoms with E-state index in [2.05, 4.69) is 62.4 Å². The van der Waals surface area contributed by atoms with E-state index in [1.54, 1.807) is 0 Å². The molecule has 0 atom stereocenters. The Morgan fingerprint density at radius 2 is 1.50 bits per heavy atom. The largest absolute Gasteiger partial charge is 0.465 e. The molecule has 0 heterocycles. The zero-order chi connectivity index (χ0) is 21.7. The van der Waals surface area contributed by atoms with Crippen molar-refractivity contribution < 1.29 is 14.6 Å². The molecule has 0 aromatic heterocycles. The molecule has 0 radical (unpaired) electrons. The van der Waals surface area contributed by atoms with Gasteiger partial charge in [-0.1, -0.05) is 80.1 Å². The van der Waals surface area contributed by atoms with Crippen LogP contribution >= 0.6 is 0 Å². The molecule has 3 aromatic carbocycles. The molecule has 30 heavy (non-hydrogen) atoms. The summed E-state index contributed by atoms with van der Waals surface area (Å²) in [4.78, 5) is 11.7. The number of carbonyl (C=O) groups excluding carboxylic acids is 1. The summed E-state index contributed by atoms with van der Waals surface area (Å²) in [5, 5.41) is 9.69. The van der Waals surface area contributed by atoms with E-state index in [9.17, 15) is 9.90 Å². The Bertz CT molecular complexity index is 1020. The molecule has 3 aromatic rings. The number of hydrogen-bond donors (Lipinski definition) is 1. The fraction of sp³-hybridized carbons (Fsp3) is 0.296. The van der Waals surface area contributed by atoms with E-state index in [0.29, 0.717) is 13.0 Å². The molecule has 3 rings (SSSR count). The predicted octanol–water partition coefficient (Wildman–Crippen LogP) is 5.87. The number of rotatable bonds is 7. The Labute approximate surface area is 179 Å². The van der Waals surface area contributed by atoms with E-state index in [-0.39, 0.29) is 18.5 Å². The van der Waals surface area contributed by atoms with Crippen LogP contribution in [0.2, 0.25) is 0 Å². The van der Waals surface area contributed by atoms with Crippen LogP contribution in [0.4, 0.5) is 0 Å². The molecule has 0 bridgehead atoms. The zero-order valence-electron chi connectivity index (χ0n) is 18.2. The summed E-state index contributed by atoms with van der Waals surface area (Å²) in [7, 11) is 0. The van der Waals surface area contributed by atoms with Crippen LogP contribution in [0.1, 0.15) is 36.1 Å². The fourth-order valence-electron chi connectivity index (χ4n) is 3.52. The Morgan fingerprint density at radius 3 is 2.13 bits per heavy atom. The van der Waals surface area contributed by atoms with Crippen LogP contribution in [0.5, 0.6) is 0 Å². The van der Waals surface area contributed by atoms with Gasteiger partial charge in [0.15, 0.2) is 0 Å². The van der Waals surface area contributed by atoms with Gasteiger partial charge < -0.3 is 9.84 Å². The van der Waals surface area contributed by atoms with Crippen LogP contribution in [-0.4, -0.2) is 17.7 Å². The summed E-state index contributed by atoms with van der Waals surface area (Å²) in [6, 6.07) is 21.2. The number of ether oxygens (including phenoxy) is 1. The van der Waals surface area contributed by atoms with Gasteiger partial charge in [-0.25, -0.2) is 0 Å². The van der Waals surface area contributed by atoms with Gasteiger partial charge in [0.1, 0.15) is 0 Å². The lowest BCUT2D eigenvalue weighted by Gasteiger charge is -2.13. The van der Waals surface area contributed by atoms with E-state index in [4.69, 9.17) is 4.74 Å². The second kappa shape index (κ2) is 9.73. The van der Waals surface area contributed by atoms with Crippen molar-refractivity contribution in [1.29, 1.82) is 0 Å². The summed E-state index contributed by atoms with van der Waals surface area (Å²) < 4.78 is 5.32. The van der Waals surface area contributed by atoms with Crippen LogP contribution in [0.25, 0.3) is 22.3 Å². The third-order valence-corrected chi connectivity index (χ3v) is 5.39. The maximum absolute atomic E-state index is 11.7. The molecule has 0 spiro atoms. The highest BCUT2D eigenvalue weighted by Crippen LogP contribution is 2.30. The molecule has 3 nitrogen and oxygen atoms in total. The zero-order valence-corrected chi connectivity index (χ0v) is 18.2. The predicted molar refractivity (Wildman–Crippen MR) is 122 cm³/mol. The molecule has 0 aliphatic heterocycles. The molecule has 3 heteroatoms. The molecular weight excluding hydrogens is 372 g/mol. The molecule has 156 valence electrons. The van der Waals surface area contributed by atoms with Gasteiger partial charge in [-0.05, 0) is 52.8 Å². The van der Waals surface area contributed by atoms with Gasteiger partial charge in [0.05, 0.1) is 19.1 Å². The lowest BCUT2D eigenvalue weighted by molar-refractivity contribution is -0.147. The molecule has 0 unspecified atom stereocenters. The van der Waals surface area contributed by atoms with E-state index < -0.39 is 0 Å². The SMILES string of the molecule is Cc1ccc(-c2ccc(-c3ccc(CO)c(CCOC(=O)C(C)C)c3)cc2C)cc1. The van der Waals surface area contributed by atoms with Crippen molar-refractivity contribution in [1.82, 2.24) is 0 Å². The first-order chi connectivity index (χ1) is 14.4. The van der Waals surface area contributed by atoms with Crippen LogP contribution in [0.15, 0.2) is 60.7 Å². The smallest absolute Gasteiger partial charge is 0.308 e. The highest BCUT2D eigenvalue weighted by Gasteiger charge is 2.11. The molecular formula is C27H30O3. The average molecular weight is 403 g/mol. The lowest BCUT2D eigenvalue weighted by atomic mass is 9.93. The summed E-state index contributed by atoms with van der Waals surface area (Å²) >= 11 is 0. The molecule has 0 amide bonds. The van der Waals surface area contributed by atoms with Gasteiger partial charge in [0.2, 0.25) is 0 Å². The van der Waals surface area contributed by atoms with Crippen molar-refractivity contribution >= 4 is 5.97 Å². The molecule has 0 fully saturated rings. The third kappa shape index (κ3) is 5.17. The van der Waals surface area contributed by atoms with Crippen molar-refractivity contribution in [2.24, 2.45) is 5.92 Å². The first kappa shape index (κ1) is 21.8. The van der Waals surface area contributed by atoms with Crippen LogP contribution < -0.4 is 0 Å². The normalized spacial score (nSPS) is 11.0. The Morgan fingerprint density at radius 1 is 0.867 bits per heavy atom. The number of esters is 1. The maximum atomic E-state index is 11.7. The summed E-state index contributed by atoms with van der Waals surface area (Å²) in [5.74, 6) is -0.331. The first-order valence-corrected chi connectivity index (χ1v) is 10.5. The fourth-order valence-corrected chi connectivity index (χ4v) is 3.52. The van der Waals surface area contributed by atoms with Crippen molar-refractivity contribution in [3.63, 3.8) is 0 Å². The minimum Gasteiger partial charge on any atom is -0.465 e. The van der Waals surface area contributed by atoms with Crippen molar-refractivity contribution in [2.45, 2.75) is 40.7 Å². The van der Waals surface area contributed by atoms with Gasteiger partial charge in [-0.2, -0.15) is 0 Å². The van der Waals surface area contributed by atoms with Crippen molar-refractivity contribution in [2.75, 3.05) is 6.61 Å². The number of aryl methyl sites for hydroxylation is 2. The van der Waals surface area contributed by atoms with Gasteiger partial charge >= 0.3 is 5.97 Å². The Balaban J connectivity index is 1.83. The topological polar surface area (TPSA) is 46.5 Å². The van der Waals surface area contributed by atoms with Crippen LogP contribution in [0.3, 0.4) is 0 Å². The second-order valence-corrected chi connectivity index (χ2v) is 8.11. The monoisotopic (exact) mass is 402 g/mol.